The van der Waals surface area contributed by atoms with E-state index < -0.39 is 0 Å². The van der Waals surface area contributed by atoms with Gasteiger partial charge < -0.3 is 14.3 Å². The van der Waals surface area contributed by atoms with Gasteiger partial charge in [-0.15, -0.1) is 0 Å². The molecule has 4 rings (SSSR count). The summed E-state index contributed by atoms with van der Waals surface area (Å²) in [5.41, 5.74) is 2.27. The third kappa shape index (κ3) is 4.85. The van der Waals surface area contributed by atoms with E-state index in [0.29, 0.717) is 24.7 Å². The summed E-state index contributed by atoms with van der Waals surface area (Å²) >= 11 is 0. The summed E-state index contributed by atoms with van der Waals surface area (Å²) in [5, 5.41) is 6.50. The average Bonchev–Trinajstić information content (AvgIpc) is 3.41. The van der Waals surface area contributed by atoms with Crippen LogP contribution >= 0.6 is 0 Å². The number of hydrogen-bond acceptors (Lipinski definition) is 7. The maximum Gasteiger partial charge on any atom is 0.273 e. The predicted octanol–water partition coefficient (Wildman–Crippen LogP) is 1.91. The Morgan fingerprint density at radius 2 is 1.79 bits per heavy atom. The molecule has 0 saturated carbocycles. The van der Waals surface area contributed by atoms with Crippen molar-refractivity contribution in [3.05, 3.63) is 71.8 Å². The van der Waals surface area contributed by atoms with Gasteiger partial charge in [-0.2, -0.15) is 0 Å². The number of hydrogen-bond donors (Lipinski definition) is 1. The van der Waals surface area contributed by atoms with Crippen molar-refractivity contribution in [2.75, 3.05) is 26.2 Å². The second kappa shape index (κ2) is 8.81. The first-order valence-corrected chi connectivity index (χ1v) is 9.37. The van der Waals surface area contributed by atoms with Crippen LogP contribution in [0.4, 0.5) is 0 Å². The number of amides is 1. The predicted molar refractivity (Wildman–Crippen MR) is 101 cm³/mol. The lowest BCUT2D eigenvalue weighted by Crippen LogP contribution is -2.45. The summed E-state index contributed by atoms with van der Waals surface area (Å²) in [5.74, 6) is 0.272. The number of nitrogens with zero attached hydrogens (tertiary/aromatic N) is 4. The van der Waals surface area contributed by atoms with E-state index in [4.69, 9.17) is 8.94 Å². The number of carbonyl (C=O) groups excluding carboxylic acids is 1. The minimum Gasteiger partial charge on any atom is -0.447 e. The summed E-state index contributed by atoms with van der Waals surface area (Å²) in [6.07, 6.45) is 2.87. The summed E-state index contributed by atoms with van der Waals surface area (Å²) < 4.78 is 10.2. The molecule has 1 aromatic carbocycles. The Hall–Kier alpha value is -2.97. The molecule has 0 atom stereocenters. The Labute approximate surface area is 163 Å². The largest absolute Gasteiger partial charge is 0.447 e. The first-order chi connectivity index (χ1) is 13.8. The molecule has 3 aromatic rings. The van der Waals surface area contributed by atoms with Crippen LogP contribution in [0, 0.1) is 0 Å². The highest BCUT2D eigenvalue weighted by molar-refractivity contribution is 5.91. The van der Waals surface area contributed by atoms with Gasteiger partial charge in [0.15, 0.2) is 5.69 Å². The highest BCUT2D eigenvalue weighted by Crippen LogP contribution is 2.12. The molecule has 1 aliphatic rings. The van der Waals surface area contributed by atoms with Crippen molar-refractivity contribution in [1.82, 2.24) is 25.3 Å². The van der Waals surface area contributed by atoms with Gasteiger partial charge in [-0.1, -0.05) is 35.5 Å². The molecule has 1 fully saturated rings. The zero-order valence-electron chi connectivity index (χ0n) is 15.6. The van der Waals surface area contributed by atoms with Crippen molar-refractivity contribution in [3.8, 4) is 0 Å². The van der Waals surface area contributed by atoms with Crippen LogP contribution in [0.15, 0.2) is 57.9 Å². The number of piperazine rings is 1. The van der Waals surface area contributed by atoms with Gasteiger partial charge >= 0.3 is 0 Å². The van der Waals surface area contributed by atoms with Gasteiger partial charge in [-0.25, -0.2) is 4.98 Å². The Kier molecular flexibility index (Phi) is 5.79. The Morgan fingerprint density at radius 1 is 1.04 bits per heavy atom. The van der Waals surface area contributed by atoms with Crippen LogP contribution in [0.1, 0.15) is 27.6 Å². The second-order valence-corrected chi connectivity index (χ2v) is 6.84. The second-order valence-electron chi connectivity index (χ2n) is 6.84. The third-order valence-corrected chi connectivity index (χ3v) is 4.78. The van der Waals surface area contributed by atoms with Crippen molar-refractivity contribution >= 4 is 5.91 Å². The lowest BCUT2D eigenvalue weighted by atomic mass is 10.2. The van der Waals surface area contributed by atoms with E-state index in [1.54, 1.807) is 6.07 Å². The van der Waals surface area contributed by atoms with E-state index in [-0.39, 0.29) is 11.6 Å². The van der Waals surface area contributed by atoms with Crippen molar-refractivity contribution < 1.29 is 13.7 Å². The van der Waals surface area contributed by atoms with Crippen LogP contribution < -0.4 is 5.32 Å². The smallest absolute Gasteiger partial charge is 0.273 e. The quantitative estimate of drug-likeness (QED) is 0.669. The molecule has 0 radical (unpaired) electrons. The zero-order valence-corrected chi connectivity index (χ0v) is 15.6. The normalized spacial score (nSPS) is 15.6. The Morgan fingerprint density at radius 3 is 2.50 bits per heavy atom. The number of rotatable bonds is 7. The minimum atomic E-state index is -0.286. The molecule has 2 aromatic heterocycles. The van der Waals surface area contributed by atoms with Gasteiger partial charge in [0.2, 0.25) is 5.89 Å². The molecule has 0 unspecified atom stereocenters. The van der Waals surface area contributed by atoms with Gasteiger partial charge in [0.1, 0.15) is 18.2 Å². The van der Waals surface area contributed by atoms with Gasteiger partial charge in [-0.05, 0) is 5.56 Å². The molecule has 8 heteroatoms. The summed E-state index contributed by atoms with van der Waals surface area (Å²) in [6.45, 7) is 5.77. The van der Waals surface area contributed by atoms with E-state index in [2.05, 4.69) is 49.5 Å². The minimum absolute atomic E-state index is 0.279. The highest BCUT2D eigenvalue weighted by Gasteiger charge is 2.20. The standard InChI is InChI=1S/C20H23N5O3/c26-20(21-12-17-6-11-28-23-17)18-15-27-19(22-18)14-25-9-7-24(8-10-25)13-16-4-2-1-3-5-16/h1-6,11,15H,7-10,12-14H2,(H,21,26). The number of carbonyl (C=O) groups is 1. The first-order valence-electron chi connectivity index (χ1n) is 9.37. The van der Waals surface area contributed by atoms with E-state index in [1.165, 1.54) is 18.1 Å². The molecule has 1 aliphatic heterocycles. The number of oxazole rings is 1. The van der Waals surface area contributed by atoms with Crippen LogP contribution in [-0.2, 0) is 19.6 Å². The number of nitrogens with one attached hydrogen (secondary N) is 1. The summed E-state index contributed by atoms with van der Waals surface area (Å²) in [4.78, 5) is 21.2. The molecule has 3 heterocycles. The molecular weight excluding hydrogens is 358 g/mol. The fourth-order valence-electron chi connectivity index (χ4n) is 3.22. The average molecular weight is 381 g/mol. The lowest BCUT2D eigenvalue weighted by Gasteiger charge is -2.34. The van der Waals surface area contributed by atoms with Crippen LogP contribution in [0.2, 0.25) is 0 Å². The van der Waals surface area contributed by atoms with Crippen LogP contribution in [0.3, 0.4) is 0 Å². The molecule has 0 bridgehead atoms. The van der Waals surface area contributed by atoms with Crippen LogP contribution in [0.5, 0.6) is 0 Å². The lowest BCUT2D eigenvalue weighted by molar-refractivity contribution is 0.0944. The van der Waals surface area contributed by atoms with Crippen molar-refractivity contribution in [2.24, 2.45) is 0 Å². The topological polar surface area (TPSA) is 87.6 Å². The van der Waals surface area contributed by atoms with Crippen molar-refractivity contribution in [2.45, 2.75) is 19.6 Å². The monoisotopic (exact) mass is 381 g/mol. The molecule has 28 heavy (non-hydrogen) atoms. The number of benzene rings is 1. The Balaban J connectivity index is 1.23. The molecule has 1 N–H and O–H groups in total. The van der Waals surface area contributed by atoms with Crippen molar-refractivity contribution in [1.29, 1.82) is 0 Å². The summed E-state index contributed by atoms with van der Waals surface area (Å²) in [7, 11) is 0. The molecule has 1 amide bonds. The van der Waals surface area contributed by atoms with Gasteiger partial charge in [0, 0.05) is 38.8 Å². The van der Waals surface area contributed by atoms with Gasteiger partial charge in [-0.3, -0.25) is 14.6 Å². The fourth-order valence-corrected chi connectivity index (χ4v) is 3.22. The van der Waals surface area contributed by atoms with Gasteiger partial charge in [0.25, 0.3) is 5.91 Å². The molecule has 0 spiro atoms. The molecule has 8 nitrogen and oxygen atoms in total. The maximum atomic E-state index is 12.1. The van der Waals surface area contributed by atoms with Crippen LogP contribution in [-0.4, -0.2) is 52.0 Å². The Bertz CT molecular complexity index is 870. The molecular formula is C20H23N5O3. The van der Waals surface area contributed by atoms with E-state index in [1.807, 2.05) is 6.07 Å². The molecule has 0 aliphatic carbocycles. The fraction of sp³-hybridized carbons (Fsp3) is 0.350. The highest BCUT2D eigenvalue weighted by atomic mass is 16.5. The van der Waals surface area contributed by atoms with E-state index >= 15 is 0 Å². The van der Waals surface area contributed by atoms with Crippen molar-refractivity contribution in [3.63, 3.8) is 0 Å². The molecule has 1 saturated heterocycles. The van der Waals surface area contributed by atoms with E-state index in [9.17, 15) is 4.79 Å². The first kappa shape index (κ1) is 18.4. The zero-order chi connectivity index (χ0) is 19.2. The summed E-state index contributed by atoms with van der Waals surface area (Å²) in [6, 6.07) is 12.2. The number of aromatic nitrogens is 2. The molecule has 146 valence electrons. The van der Waals surface area contributed by atoms with E-state index in [0.717, 1.165) is 32.7 Å². The van der Waals surface area contributed by atoms with Gasteiger partial charge in [0.05, 0.1) is 13.1 Å². The SMILES string of the molecule is O=C(NCc1ccon1)c1coc(CN2CCN(Cc3ccccc3)CC2)n1. The maximum absolute atomic E-state index is 12.1. The van der Waals surface area contributed by atoms with Crippen LogP contribution in [0.25, 0.3) is 0 Å². The third-order valence-electron chi connectivity index (χ3n) is 4.78.